The van der Waals surface area contributed by atoms with E-state index in [9.17, 15) is 9.59 Å². The summed E-state index contributed by atoms with van der Waals surface area (Å²) in [7, 11) is 0. The second-order valence-corrected chi connectivity index (χ2v) is 1.68. The molecule has 56 valence electrons. The number of amides is 1. The molecule has 0 aliphatic carbocycles. The second kappa shape index (κ2) is 4.60. The molecule has 0 saturated heterocycles. The monoisotopic (exact) mass is 144 g/mol. The lowest BCUT2D eigenvalue weighted by atomic mass is 10.3. The quantitative estimate of drug-likeness (QED) is 0.603. The first kappa shape index (κ1) is 8.74. The molecule has 0 atom stereocenters. The molecule has 1 amide bonds. The van der Waals surface area contributed by atoms with Crippen LogP contribution >= 0.6 is 0 Å². The molecule has 0 aromatic rings. The van der Waals surface area contributed by atoms with E-state index in [4.69, 9.17) is 5.53 Å². The molecule has 0 aliphatic heterocycles. The van der Waals surface area contributed by atoms with Gasteiger partial charge >= 0.3 is 6.09 Å². The molecule has 1 N–H and O–H groups in total. The van der Waals surface area contributed by atoms with Crippen LogP contribution in [0.4, 0.5) is 4.79 Å². The van der Waals surface area contributed by atoms with Crippen LogP contribution in [0.3, 0.4) is 0 Å². The minimum Gasteiger partial charge on any atom is -0.446 e. The fourth-order valence-corrected chi connectivity index (χ4v) is 0.314. The summed E-state index contributed by atoms with van der Waals surface area (Å²) in [5.74, 6) is -0.0576. The average molecular weight is 144 g/mol. The SMILES string of the molecule is CC(=O)CCOC(=O)N=N. The molecule has 5 heteroatoms. The number of Topliss-reactive ketones (excluding diaryl/α,β-unsaturated/α-hetero) is 1. The highest BCUT2D eigenvalue weighted by molar-refractivity contribution is 5.76. The van der Waals surface area contributed by atoms with Crippen molar-refractivity contribution in [3.63, 3.8) is 0 Å². The van der Waals surface area contributed by atoms with E-state index in [1.165, 1.54) is 6.92 Å². The second-order valence-electron chi connectivity index (χ2n) is 1.68. The maximum Gasteiger partial charge on any atom is 0.451 e. The number of hydrogen-bond acceptors (Lipinski definition) is 4. The number of carbonyl (C=O) groups excluding carboxylic acids is 2. The van der Waals surface area contributed by atoms with Crippen molar-refractivity contribution in [2.75, 3.05) is 6.61 Å². The van der Waals surface area contributed by atoms with Gasteiger partial charge < -0.3 is 4.74 Å². The standard InChI is InChI=1S/C5H8N2O3/c1-4(8)2-3-10-5(9)7-6/h6H,2-3H2,1H3. The fourth-order valence-electron chi connectivity index (χ4n) is 0.314. The van der Waals surface area contributed by atoms with Crippen molar-refractivity contribution in [2.24, 2.45) is 5.11 Å². The fraction of sp³-hybridized carbons (Fsp3) is 0.600. The summed E-state index contributed by atoms with van der Waals surface area (Å²) in [6.45, 7) is 1.40. The highest BCUT2D eigenvalue weighted by Gasteiger charge is 1.98. The summed E-state index contributed by atoms with van der Waals surface area (Å²) >= 11 is 0. The van der Waals surface area contributed by atoms with Crippen LogP contribution in [0.5, 0.6) is 0 Å². The van der Waals surface area contributed by atoms with Crippen molar-refractivity contribution in [1.29, 1.82) is 5.53 Å². The smallest absolute Gasteiger partial charge is 0.446 e. The zero-order chi connectivity index (χ0) is 7.98. The van der Waals surface area contributed by atoms with E-state index < -0.39 is 6.09 Å². The highest BCUT2D eigenvalue weighted by Crippen LogP contribution is 1.87. The Hall–Kier alpha value is -1.26. The molecule has 0 saturated carbocycles. The van der Waals surface area contributed by atoms with Crippen LogP contribution in [0.2, 0.25) is 0 Å². The Morgan fingerprint density at radius 2 is 2.20 bits per heavy atom. The van der Waals surface area contributed by atoms with Gasteiger partial charge in [0.25, 0.3) is 0 Å². The topological polar surface area (TPSA) is 79.6 Å². The van der Waals surface area contributed by atoms with Gasteiger partial charge in [0.15, 0.2) is 0 Å². The third kappa shape index (κ3) is 4.89. The van der Waals surface area contributed by atoms with Crippen molar-refractivity contribution < 1.29 is 14.3 Å². The number of ether oxygens (including phenoxy) is 1. The number of ketones is 1. The molecule has 0 fully saturated rings. The molecule has 0 bridgehead atoms. The average Bonchev–Trinajstić information content (AvgIpc) is 1.87. The molecule has 0 unspecified atom stereocenters. The Labute approximate surface area is 57.9 Å². The normalized spacial score (nSPS) is 8.50. The van der Waals surface area contributed by atoms with Crippen LogP contribution in [-0.4, -0.2) is 18.5 Å². The van der Waals surface area contributed by atoms with Gasteiger partial charge in [-0.3, -0.25) is 4.79 Å². The summed E-state index contributed by atoms with van der Waals surface area (Å²) in [5.41, 5.74) is 6.16. The van der Waals surface area contributed by atoms with Crippen molar-refractivity contribution in [2.45, 2.75) is 13.3 Å². The minimum atomic E-state index is -0.957. The predicted molar refractivity (Wildman–Crippen MR) is 31.8 cm³/mol. The first-order valence-corrected chi connectivity index (χ1v) is 2.70. The summed E-state index contributed by atoms with van der Waals surface area (Å²) < 4.78 is 4.29. The van der Waals surface area contributed by atoms with E-state index in [1.807, 2.05) is 0 Å². The molecular formula is C5H8N2O3. The van der Waals surface area contributed by atoms with Gasteiger partial charge in [-0.2, -0.15) is 5.53 Å². The molecular weight excluding hydrogens is 136 g/mol. The third-order valence-electron chi connectivity index (χ3n) is 0.771. The highest BCUT2D eigenvalue weighted by atomic mass is 16.5. The molecule has 0 spiro atoms. The largest absolute Gasteiger partial charge is 0.451 e. The zero-order valence-electron chi connectivity index (χ0n) is 5.59. The first-order chi connectivity index (χ1) is 4.66. The maximum atomic E-state index is 10.2. The summed E-state index contributed by atoms with van der Waals surface area (Å²) in [5, 5.41) is 2.46. The Morgan fingerprint density at radius 3 is 2.60 bits per heavy atom. The van der Waals surface area contributed by atoms with Crippen LogP contribution < -0.4 is 0 Å². The molecule has 10 heavy (non-hydrogen) atoms. The van der Waals surface area contributed by atoms with E-state index >= 15 is 0 Å². The van der Waals surface area contributed by atoms with Gasteiger partial charge in [-0.1, -0.05) is 5.11 Å². The Morgan fingerprint density at radius 1 is 1.60 bits per heavy atom. The lowest BCUT2D eigenvalue weighted by Gasteiger charge is -1.95. The van der Waals surface area contributed by atoms with Gasteiger partial charge in [0.05, 0.1) is 0 Å². The number of hydrogen-bond donors (Lipinski definition) is 1. The van der Waals surface area contributed by atoms with Crippen LogP contribution in [0.1, 0.15) is 13.3 Å². The van der Waals surface area contributed by atoms with E-state index in [0.29, 0.717) is 0 Å². The molecule has 0 aromatic carbocycles. The lowest BCUT2D eigenvalue weighted by molar-refractivity contribution is -0.117. The summed E-state index contributed by atoms with van der Waals surface area (Å²) in [6, 6.07) is 0. The van der Waals surface area contributed by atoms with Gasteiger partial charge in [-0.15, -0.1) is 0 Å². The Kier molecular flexibility index (Phi) is 4.02. The van der Waals surface area contributed by atoms with Crippen molar-refractivity contribution in [3.8, 4) is 0 Å². The van der Waals surface area contributed by atoms with E-state index in [2.05, 4.69) is 9.85 Å². The predicted octanol–water partition coefficient (Wildman–Crippen LogP) is 1.13. The van der Waals surface area contributed by atoms with Gasteiger partial charge in [-0.05, 0) is 6.92 Å². The third-order valence-corrected chi connectivity index (χ3v) is 0.771. The molecule has 0 rings (SSSR count). The van der Waals surface area contributed by atoms with Gasteiger partial charge in [0, 0.05) is 6.42 Å². The van der Waals surface area contributed by atoms with Crippen molar-refractivity contribution in [1.82, 2.24) is 0 Å². The van der Waals surface area contributed by atoms with E-state index in [-0.39, 0.29) is 18.8 Å². The summed E-state index contributed by atoms with van der Waals surface area (Å²) in [6.07, 6.45) is -0.775. The number of nitrogens with zero attached hydrogens (tertiary/aromatic N) is 1. The Balaban J connectivity index is 3.28. The van der Waals surface area contributed by atoms with Crippen molar-refractivity contribution >= 4 is 11.9 Å². The molecule has 5 nitrogen and oxygen atoms in total. The molecule has 0 radical (unpaired) electrons. The van der Waals surface area contributed by atoms with Crippen LogP contribution in [0.15, 0.2) is 5.11 Å². The number of carbonyl (C=O) groups is 2. The zero-order valence-corrected chi connectivity index (χ0v) is 5.59. The van der Waals surface area contributed by atoms with Crippen LogP contribution in [0, 0.1) is 5.53 Å². The molecule has 0 heterocycles. The maximum absolute atomic E-state index is 10.2. The van der Waals surface area contributed by atoms with Crippen molar-refractivity contribution in [3.05, 3.63) is 0 Å². The van der Waals surface area contributed by atoms with Crippen LogP contribution in [-0.2, 0) is 9.53 Å². The molecule has 0 aliphatic rings. The molecule has 0 aromatic heterocycles. The number of rotatable bonds is 3. The van der Waals surface area contributed by atoms with E-state index in [0.717, 1.165) is 0 Å². The Bertz CT molecular complexity index is 155. The number of nitrogens with one attached hydrogen (secondary N) is 1. The minimum absolute atomic E-state index is 0.0105. The van der Waals surface area contributed by atoms with Gasteiger partial charge in [0.1, 0.15) is 12.4 Å². The van der Waals surface area contributed by atoms with Gasteiger partial charge in [-0.25, -0.2) is 4.79 Å². The van der Waals surface area contributed by atoms with E-state index in [1.54, 1.807) is 0 Å². The summed E-state index contributed by atoms with van der Waals surface area (Å²) in [4.78, 5) is 20.4. The van der Waals surface area contributed by atoms with Crippen LogP contribution in [0.25, 0.3) is 0 Å². The van der Waals surface area contributed by atoms with Gasteiger partial charge in [0.2, 0.25) is 0 Å². The lowest BCUT2D eigenvalue weighted by Crippen LogP contribution is -2.03. The first-order valence-electron chi connectivity index (χ1n) is 2.70.